The minimum atomic E-state index is -1.52. The lowest BCUT2D eigenvalue weighted by atomic mass is 9.92. The van der Waals surface area contributed by atoms with Crippen molar-refractivity contribution in [2.75, 3.05) is 38.7 Å². The van der Waals surface area contributed by atoms with Gasteiger partial charge in [-0.05, 0) is 24.1 Å². The first-order valence-electron chi connectivity index (χ1n) is 10.6. The molecule has 176 valence electrons. The van der Waals surface area contributed by atoms with Crippen molar-refractivity contribution in [3.05, 3.63) is 53.5 Å². The van der Waals surface area contributed by atoms with Crippen LogP contribution in [0.15, 0.2) is 30.6 Å². The minimum absolute atomic E-state index is 0.101. The van der Waals surface area contributed by atoms with Crippen molar-refractivity contribution in [2.24, 2.45) is 5.92 Å². The number of aromatic nitrogens is 2. The number of hydrogen-bond acceptors (Lipinski definition) is 6. The Kier molecular flexibility index (Phi) is 6.50. The summed E-state index contributed by atoms with van der Waals surface area (Å²) in [5.41, 5.74) is 0.458. The van der Waals surface area contributed by atoms with Crippen molar-refractivity contribution in [2.45, 2.75) is 25.1 Å². The smallest absolute Gasteiger partial charge is 0.272 e. The monoisotopic (exact) mass is 463 g/mol. The van der Waals surface area contributed by atoms with E-state index < -0.39 is 35.7 Å². The maximum Gasteiger partial charge on any atom is 0.272 e. The fourth-order valence-electron chi connectivity index (χ4n) is 4.18. The number of nitrogens with zero attached hydrogens (tertiary/aromatic N) is 5. The molecule has 0 aliphatic carbocycles. The van der Waals surface area contributed by atoms with E-state index in [1.165, 1.54) is 17.3 Å². The van der Waals surface area contributed by atoms with Crippen LogP contribution in [0.3, 0.4) is 0 Å². The summed E-state index contributed by atoms with van der Waals surface area (Å²) in [4.78, 5) is 41.8. The molecule has 2 fully saturated rings. The summed E-state index contributed by atoms with van der Waals surface area (Å²) >= 11 is 0. The number of carbonyl (C=O) groups excluding carboxylic acids is 2. The highest BCUT2D eigenvalue weighted by molar-refractivity contribution is 5.92. The van der Waals surface area contributed by atoms with Gasteiger partial charge in [-0.1, -0.05) is 0 Å². The molecule has 8 nitrogen and oxygen atoms in total. The van der Waals surface area contributed by atoms with Crippen LogP contribution in [0.4, 0.5) is 19.0 Å². The summed E-state index contributed by atoms with van der Waals surface area (Å²) < 4.78 is 42.5. The lowest BCUT2D eigenvalue weighted by Gasteiger charge is -2.36. The third-order valence-electron chi connectivity index (χ3n) is 5.85. The average Bonchev–Trinajstić information content (AvgIpc) is 3.27. The SMILES string of the molecule is CN(C)C(=O)c1cc(N2CC[C@@H](C(=O)N3OCCC3c3cc(F)cc(F)c3)[C@@H](F)C2)ncn1. The number of alkyl halides is 1. The molecule has 0 saturated carbocycles. The Bertz CT molecular complexity index is 1030. The van der Waals surface area contributed by atoms with Gasteiger partial charge in [-0.3, -0.25) is 14.4 Å². The molecule has 0 N–H and O–H groups in total. The van der Waals surface area contributed by atoms with E-state index in [9.17, 15) is 18.4 Å². The van der Waals surface area contributed by atoms with E-state index in [0.717, 1.165) is 23.3 Å². The van der Waals surface area contributed by atoms with Gasteiger partial charge in [0.1, 0.15) is 35.6 Å². The second-order valence-corrected chi connectivity index (χ2v) is 8.32. The first kappa shape index (κ1) is 23.0. The third kappa shape index (κ3) is 4.77. The van der Waals surface area contributed by atoms with E-state index in [2.05, 4.69) is 9.97 Å². The molecule has 11 heteroatoms. The molecule has 2 aliphatic heterocycles. The molecule has 0 bridgehead atoms. The number of benzene rings is 1. The second-order valence-electron chi connectivity index (χ2n) is 8.32. The normalized spacial score (nSPS) is 23.0. The van der Waals surface area contributed by atoms with Crippen LogP contribution < -0.4 is 4.90 Å². The number of carbonyl (C=O) groups is 2. The van der Waals surface area contributed by atoms with E-state index in [1.807, 2.05) is 0 Å². The first-order valence-corrected chi connectivity index (χ1v) is 10.6. The zero-order valence-electron chi connectivity index (χ0n) is 18.2. The van der Waals surface area contributed by atoms with Gasteiger partial charge < -0.3 is 9.80 Å². The van der Waals surface area contributed by atoms with E-state index in [1.54, 1.807) is 19.0 Å². The predicted molar refractivity (Wildman–Crippen MR) is 112 cm³/mol. The van der Waals surface area contributed by atoms with Crippen LogP contribution in [-0.2, 0) is 9.63 Å². The van der Waals surface area contributed by atoms with E-state index in [0.29, 0.717) is 18.8 Å². The fourth-order valence-corrected chi connectivity index (χ4v) is 4.18. The zero-order valence-corrected chi connectivity index (χ0v) is 18.2. The number of rotatable bonds is 4. The number of hydrogen-bond donors (Lipinski definition) is 0. The number of anilines is 1. The summed E-state index contributed by atoms with van der Waals surface area (Å²) in [6.45, 7) is 0.417. The Balaban J connectivity index is 1.46. The van der Waals surface area contributed by atoms with Gasteiger partial charge in [-0.25, -0.2) is 28.2 Å². The number of hydroxylamine groups is 2. The highest BCUT2D eigenvalue weighted by Gasteiger charge is 2.42. The van der Waals surface area contributed by atoms with Gasteiger partial charge in [0.2, 0.25) is 0 Å². The Hall–Kier alpha value is -3.21. The molecular formula is C22H24F3N5O3. The Labute approximate surface area is 188 Å². The fraction of sp³-hybridized carbons (Fsp3) is 0.455. The van der Waals surface area contributed by atoms with Gasteiger partial charge in [-0.2, -0.15) is 0 Å². The largest absolute Gasteiger partial charge is 0.354 e. The molecule has 1 unspecified atom stereocenters. The molecule has 2 aromatic rings. The summed E-state index contributed by atoms with van der Waals surface area (Å²) in [7, 11) is 3.20. The van der Waals surface area contributed by atoms with Crippen molar-refractivity contribution in [3.8, 4) is 0 Å². The van der Waals surface area contributed by atoms with Crippen molar-refractivity contribution < 1.29 is 27.6 Å². The molecule has 2 amide bonds. The Morgan fingerprint density at radius 2 is 1.82 bits per heavy atom. The molecule has 3 heterocycles. The standard InChI is InChI=1S/C22H24F3N5O3/c1-28(2)22(32)18-10-20(27-12-26-18)29-5-3-16(17(25)11-29)21(31)30-19(4-6-33-30)13-7-14(23)9-15(24)8-13/h7-10,12,16-17,19H,3-6,11H2,1-2H3/t16-,17+,19?/m1/s1. The molecule has 4 rings (SSSR count). The number of amides is 2. The van der Waals surface area contributed by atoms with E-state index >= 15 is 4.39 Å². The average molecular weight is 463 g/mol. The number of piperidine rings is 1. The summed E-state index contributed by atoms with van der Waals surface area (Å²) in [5.74, 6) is -2.93. The highest BCUT2D eigenvalue weighted by atomic mass is 19.1. The maximum absolute atomic E-state index is 15.1. The Morgan fingerprint density at radius 3 is 2.48 bits per heavy atom. The summed E-state index contributed by atoms with van der Waals surface area (Å²) in [6, 6.07) is 3.87. The van der Waals surface area contributed by atoms with Crippen LogP contribution in [0, 0.1) is 17.6 Å². The van der Waals surface area contributed by atoms with E-state index in [-0.39, 0.29) is 36.7 Å². The molecule has 33 heavy (non-hydrogen) atoms. The van der Waals surface area contributed by atoms with Gasteiger partial charge in [0, 0.05) is 39.2 Å². The van der Waals surface area contributed by atoms with Gasteiger partial charge in [0.25, 0.3) is 11.8 Å². The lowest BCUT2D eigenvalue weighted by molar-refractivity contribution is -0.184. The van der Waals surface area contributed by atoms with Crippen LogP contribution in [0.5, 0.6) is 0 Å². The topological polar surface area (TPSA) is 78.9 Å². The molecular weight excluding hydrogens is 439 g/mol. The maximum atomic E-state index is 15.1. The Morgan fingerprint density at radius 1 is 1.09 bits per heavy atom. The first-order chi connectivity index (χ1) is 15.7. The van der Waals surface area contributed by atoms with Crippen LogP contribution in [0.2, 0.25) is 0 Å². The molecule has 3 atom stereocenters. The predicted octanol–water partition coefficient (Wildman–Crippen LogP) is 2.53. The lowest BCUT2D eigenvalue weighted by Crippen LogP contribution is -2.49. The second kappa shape index (κ2) is 9.34. The van der Waals surface area contributed by atoms with Gasteiger partial charge in [-0.15, -0.1) is 0 Å². The van der Waals surface area contributed by atoms with Gasteiger partial charge in [0.05, 0.1) is 25.1 Å². The zero-order chi connectivity index (χ0) is 23.7. The van der Waals surface area contributed by atoms with Crippen LogP contribution in [0.1, 0.15) is 34.9 Å². The molecule has 2 aliphatic rings. The number of halogens is 3. The van der Waals surface area contributed by atoms with Crippen molar-refractivity contribution in [1.82, 2.24) is 19.9 Å². The minimum Gasteiger partial charge on any atom is -0.354 e. The quantitative estimate of drug-likeness (QED) is 0.694. The van der Waals surface area contributed by atoms with Crippen LogP contribution in [0.25, 0.3) is 0 Å². The van der Waals surface area contributed by atoms with Gasteiger partial charge in [0.15, 0.2) is 0 Å². The van der Waals surface area contributed by atoms with Crippen molar-refractivity contribution in [3.63, 3.8) is 0 Å². The summed E-state index contributed by atoms with van der Waals surface area (Å²) in [5, 5.41) is 1.06. The highest BCUT2D eigenvalue weighted by Crippen LogP contribution is 2.35. The van der Waals surface area contributed by atoms with Crippen molar-refractivity contribution in [1.29, 1.82) is 0 Å². The molecule has 2 saturated heterocycles. The van der Waals surface area contributed by atoms with Crippen molar-refractivity contribution >= 4 is 17.6 Å². The third-order valence-corrected chi connectivity index (χ3v) is 5.85. The van der Waals surface area contributed by atoms with Crippen LogP contribution in [-0.4, -0.2) is 71.7 Å². The molecule has 1 aromatic carbocycles. The van der Waals surface area contributed by atoms with Crippen LogP contribution >= 0.6 is 0 Å². The molecule has 1 aromatic heterocycles. The molecule has 0 radical (unpaired) electrons. The molecule has 0 spiro atoms. The van der Waals surface area contributed by atoms with E-state index in [4.69, 9.17) is 4.84 Å². The van der Waals surface area contributed by atoms with Gasteiger partial charge >= 0.3 is 0 Å². The summed E-state index contributed by atoms with van der Waals surface area (Å²) in [6.07, 6.45) is 0.263.